The van der Waals surface area contributed by atoms with Crippen LogP contribution >= 0.6 is 43.5 Å². The fourth-order valence-corrected chi connectivity index (χ4v) is 6.13. The van der Waals surface area contributed by atoms with Crippen LogP contribution in [-0.4, -0.2) is 24.5 Å². The molecule has 0 aliphatic carbocycles. The second-order valence-electron chi connectivity index (χ2n) is 9.98. The number of urea groups is 1. The molecule has 1 aliphatic heterocycles. The zero-order valence-electron chi connectivity index (χ0n) is 24.2. The smallest absolute Gasteiger partial charge is 0.335 e. The summed E-state index contributed by atoms with van der Waals surface area (Å²) in [5, 5.41) is 2.61. The van der Waals surface area contributed by atoms with Gasteiger partial charge in [-0.1, -0.05) is 54.1 Å². The van der Waals surface area contributed by atoms with Crippen LogP contribution in [0.3, 0.4) is 0 Å². The summed E-state index contributed by atoms with van der Waals surface area (Å²) >= 11 is 13.3. The van der Waals surface area contributed by atoms with E-state index in [1.54, 1.807) is 31.2 Å². The Bertz CT molecular complexity index is 1790. The third-order valence-corrected chi connectivity index (χ3v) is 8.36. The summed E-state index contributed by atoms with van der Waals surface area (Å²) in [4.78, 5) is 39.5. The van der Waals surface area contributed by atoms with Gasteiger partial charge in [-0.15, -0.1) is 0 Å². The van der Waals surface area contributed by atoms with E-state index in [2.05, 4.69) is 37.2 Å². The minimum atomic E-state index is -0.850. The first-order valence-electron chi connectivity index (χ1n) is 13.9. The largest absolute Gasteiger partial charge is 0.490 e. The molecule has 0 bridgehead atoms. The van der Waals surface area contributed by atoms with E-state index in [1.807, 2.05) is 55.5 Å². The minimum absolute atomic E-state index is 0.211. The number of hydrogen-bond donors (Lipinski definition) is 1. The molecule has 230 valence electrons. The normalized spacial score (nSPS) is 14.0. The number of aryl methyl sites for hydroxylation is 1. The molecule has 4 amide bonds. The van der Waals surface area contributed by atoms with E-state index in [4.69, 9.17) is 25.8 Å². The first kappa shape index (κ1) is 32.3. The molecular weight excluding hydrogens is 728 g/mol. The Morgan fingerprint density at radius 3 is 2.22 bits per heavy atom. The van der Waals surface area contributed by atoms with Crippen LogP contribution in [0.5, 0.6) is 17.2 Å². The van der Waals surface area contributed by atoms with Gasteiger partial charge in [0.2, 0.25) is 0 Å². The van der Waals surface area contributed by atoms with Gasteiger partial charge >= 0.3 is 6.03 Å². The molecule has 0 radical (unpaired) electrons. The Morgan fingerprint density at radius 2 is 1.53 bits per heavy atom. The minimum Gasteiger partial charge on any atom is -0.490 e. The molecule has 11 heteroatoms. The number of anilines is 1. The molecule has 0 saturated carbocycles. The molecule has 5 rings (SSSR count). The molecule has 1 fully saturated rings. The van der Waals surface area contributed by atoms with E-state index in [-0.39, 0.29) is 17.9 Å². The Balaban J connectivity index is 1.32. The van der Waals surface area contributed by atoms with Gasteiger partial charge in [-0.3, -0.25) is 14.9 Å². The average molecular weight is 755 g/mol. The van der Waals surface area contributed by atoms with Crippen molar-refractivity contribution < 1.29 is 28.6 Å². The van der Waals surface area contributed by atoms with Gasteiger partial charge in [-0.25, -0.2) is 9.69 Å². The lowest BCUT2D eigenvalue weighted by molar-refractivity contribution is -0.122. The number of imide groups is 2. The molecule has 0 atom stereocenters. The third kappa shape index (κ3) is 7.58. The van der Waals surface area contributed by atoms with E-state index >= 15 is 0 Å². The Hall–Kier alpha value is -4.12. The summed E-state index contributed by atoms with van der Waals surface area (Å²) in [5.74, 6) is 0.206. The monoisotopic (exact) mass is 752 g/mol. The predicted molar refractivity (Wildman–Crippen MR) is 180 cm³/mol. The van der Waals surface area contributed by atoms with Crippen LogP contribution in [0, 0.1) is 6.92 Å². The number of hydrogen-bond acceptors (Lipinski definition) is 6. The highest BCUT2D eigenvalue weighted by molar-refractivity contribution is 9.11. The van der Waals surface area contributed by atoms with E-state index in [0.717, 1.165) is 21.6 Å². The molecule has 4 aromatic carbocycles. The Morgan fingerprint density at radius 1 is 0.822 bits per heavy atom. The van der Waals surface area contributed by atoms with Crippen molar-refractivity contribution in [3.63, 3.8) is 0 Å². The average Bonchev–Trinajstić information content (AvgIpc) is 3.01. The molecule has 1 heterocycles. The van der Waals surface area contributed by atoms with Crippen LogP contribution in [0.15, 0.2) is 93.4 Å². The maximum Gasteiger partial charge on any atom is 0.335 e. The van der Waals surface area contributed by atoms with Gasteiger partial charge in [0.05, 0.1) is 21.2 Å². The van der Waals surface area contributed by atoms with Gasteiger partial charge in [0.25, 0.3) is 11.8 Å². The zero-order chi connectivity index (χ0) is 32.1. The highest BCUT2D eigenvalue weighted by Gasteiger charge is 2.37. The lowest BCUT2D eigenvalue weighted by Crippen LogP contribution is -2.54. The summed E-state index contributed by atoms with van der Waals surface area (Å²) < 4.78 is 19.1. The molecule has 1 N–H and O–H groups in total. The Labute approximate surface area is 282 Å². The number of ether oxygens (including phenoxy) is 3. The molecule has 0 spiro atoms. The molecule has 0 unspecified atom stereocenters. The number of rotatable bonds is 10. The van der Waals surface area contributed by atoms with Gasteiger partial charge < -0.3 is 14.2 Å². The van der Waals surface area contributed by atoms with Gasteiger partial charge in [-0.05, 0) is 110 Å². The summed E-state index contributed by atoms with van der Waals surface area (Å²) in [5.41, 5.74) is 3.26. The number of carbonyl (C=O) groups is 3. The molecular formula is C34H27Br2ClN2O6. The lowest BCUT2D eigenvalue weighted by atomic mass is 10.1. The molecule has 8 nitrogen and oxygen atoms in total. The second-order valence-corrected chi connectivity index (χ2v) is 12.1. The number of amides is 4. The Kier molecular flexibility index (Phi) is 10.3. The van der Waals surface area contributed by atoms with Gasteiger partial charge in [0, 0.05) is 5.02 Å². The van der Waals surface area contributed by atoms with E-state index in [9.17, 15) is 14.4 Å². The molecule has 1 saturated heterocycles. The first-order chi connectivity index (χ1) is 21.6. The molecule has 1 aliphatic rings. The third-order valence-electron chi connectivity index (χ3n) is 6.78. The number of nitrogens with one attached hydrogen (secondary N) is 1. The van der Waals surface area contributed by atoms with Gasteiger partial charge in [-0.2, -0.15) is 0 Å². The summed E-state index contributed by atoms with van der Waals surface area (Å²) in [7, 11) is 0. The number of benzene rings is 4. The number of carbonyl (C=O) groups excluding carboxylic acids is 3. The van der Waals surface area contributed by atoms with Crippen LogP contribution in [-0.2, 0) is 22.8 Å². The van der Waals surface area contributed by atoms with Crippen molar-refractivity contribution in [3.05, 3.63) is 121 Å². The number of barbiturate groups is 1. The second kappa shape index (κ2) is 14.3. The van der Waals surface area contributed by atoms with E-state index in [1.165, 1.54) is 12.1 Å². The summed E-state index contributed by atoms with van der Waals surface area (Å²) in [6, 6.07) is 22.9. The predicted octanol–water partition coefficient (Wildman–Crippen LogP) is 8.40. The lowest BCUT2D eigenvalue weighted by Gasteiger charge is -2.26. The molecule has 45 heavy (non-hydrogen) atoms. The van der Waals surface area contributed by atoms with Crippen molar-refractivity contribution in [2.24, 2.45) is 0 Å². The van der Waals surface area contributed by atoms with Crippen LogP contribution in [0.1, 0.15) is 29.2 Å². The number of nitrogens with zero attached hydrogens (tertiary/aromatic N) is 1. The quantitative estimate of drug-likeness (QED) is 0.129. The maximum atomic E-state index is 13.3. The van der Waals surface area contributed by atoms with Crippen LogP contribution < -0.4 is 24.4 Å². The highest BCUT2D eigenvalue weighted by Crippen LogP contribution is 2.37. The SMILES string of the molecule is CCOc1cc(COc2c(Br)cc(/C=C3\C(=O)NC(=O)N(c4ccc(C)c(Cl)c4)C3=O)cc2Br)ccc1OCc1ccccc1. The van der Waals surface area contributed by atoms with Gasteiger partial charge in [0.15, 0.2) is 11.5 Å². The van der Waals surface area contributed by atoms with Crippen LogP contribution in [0.4, 0.5) is 10.5 Å². The molecule has 4 aromatic rings. The van der Waals surface area contributed by atoms with Gasteiger partial charge in [0.1, 0.15) is 24.5 Å². The topological polar surface area (TPSA) is 94.2 Å². The van der Waals surface area contributed by atoms with Crippen molar-refractivity contribution in [1.82, 2.24) is 5.32 Å². The zero-order valence-corrected chi connectivity index (χ0v) is 28.2. The van der Waals surface area contributed by atoms with Crippen LogP contribution in [0.2, 0.25) is 5.02 Å². The highest BCUT2D eigenvalue weighted by atomic mass is 79.9. The van der Waals surface area contributed by atoms with Crippen molar-refractivity contribution >= 4 is 73.1 Å². The maximum absolute atomic E-state index is 13.3. The first-order valence-corrected chi connectivity index (χ1v) is 15.8. The standard InChI is InChI=1S/C34H27Br2ClN2O6/c1-3-43-30-16-22(10-12-29(30)44-18-21-7-5-4-6-8-21)19-45-31-26(35)14-23(15-27(31)36)13-25-32(40)38-34(42)39(33(25)41)24-11-9-20(2)28(37)17-24/h4-17H,3,18-19H2,1-2H3,(H,38,40,42)/b25-13+. The van der Waals surface area contributed by atoms with Crippen molar-refractivity contribution in [2.75, 3.05) is 11.5 Å². The van der Waals surface area contributed by atoms with Crippen molar-refractivity contribution in [3.8, 4) is 17.2 Å². The van der Waals surface area contributed by atoms with E-state index < -0.39 is 17.8 Å². The van der Waals surface area contributed by atoms with Crippen molar-refractivity contribution in [2.45, 2.75) is 27.1 Å². The summed E-state index contributed by atoms with van der Waals surface area (Å²) in [6.45, 7) is 4.84. The van der Waals surface area contributed by atoms with E-state index in [0.29, 0.717) is 50.0 Å². The molecule has 0 aromatic heterocycles. The van der Waals surface area contributed by atoms with Crippen molar-refractivity contribution in [1.29, 1.82) is 0 Å². The fraction of sp³-hybridized carbons (Fsp3) is 0.147. The number of halogens is 3. The summed E-state index contributed by atoms with van der Waals surface area (Å²) in [6.07, 6.45) is 1.41. The fourth-order valence-electron chi connectivity index (χ4n) is 4.50. The van der Waals surface area contributed by atoms with Crippen LogP contribution in [0.25, 0.3) is 6.08 Å².